The molecule has 1 atom stereocenters. The lowest BCUT2D eigenvalue weighted by atomic mass is 9.89. The lowest BCUT2D eigenvalue weighted by Gasteiger charge is -2.33. The Morgan fingerprint density at radius 1 is 0.357 bits per heavy atom. The van der Waals surface area contributed by atoms with Crippen molar-refractivity contribution >= 4 is 75.4 Å². The van der Waals surface area contributed by atoms with E-state index in [1.165, 1.54) is 157 Å². The number of rotatable bonds is 10. The van der Waals surface area contributed by atoms with E-state index in [-0.39, 0.29) is 24.6 Å². The summed E-state index contributed by atoms with van der Waals surface area (Å²) in [6, 6.07) is 55.3. The second kappa shape index (κ2) is 34.7. The highest BCUT2D eigenvalue weighted by molar-refractivity contribution is 6.78. The lowest BCUT2D eigenvalue weighted by molar-refractivity contribution is -0.665. The molecule has 0 aliphatic carbocycles. The Bertz CT molecular complexity index is 6200. The Balaban J connectivity index is 0.000000147. The Labute approximate surface area is 719 Å². The molecule has 0 N–H and O–H groups in total. The molecule has 1 unspecified atom stereocenters. The average Bonchev–Trinajstić information content (AvgIpc) is 0.747. The first-order valence-electron chi connectivity index (χ1n) is 50.1. The van der Waals surface area contributed by atoms with Gasteiger partial charge in [0.25, 0.3) is 0 Å². The van der Waals surface area contributed by atoms with Gasteiger partial charge in [-0.25, -0.2) is 13.7 Å². The van der Waals surface area contributed by atoms with E-state index in [2.05, 4.69) is 189 Å². The van der Waals surface area contributed by atoms with E-state index in [4.69, 9.17) is 19.2 Å². The van der Waals surface area contributed by atoms with Crippen LogP contribution >= 0.6 is 0 Å². The quantitative estimate of drug-likeness (QED) is 0.0958. The summed E-state index contributed by atoms with van der Waals surface area (Å²) >= 11 is 0. The second-order valence-corrected chi connectivity index (χ2v) is 60.3. The molecule has 602 valence electrons. The molecule has 4 fully saturated rings. The largest absolute Gasteiger partial charge is 0.220 e. The van der Waals surface area contributed by atoms with Gasteiger partial charge in [0.15, 0.2) is 24.2 Å². The fourth-order valence-electron chi connectivity index (χ4n) is 19.2. The number of pyridine rings is 4. The summed E-state index contributed by atoms with van der Waals surface area (Å²) in [6.07, 6.45) is 10.6. The third-order valence-electron chi connectivity index (χ3n) is 27.9. The van der Waals surface area contributed by atoms with Crippen molar-refractivity contribution in [3.8, 4) is 45.0 Å². The molecule has 16 rings (SSSR count). The van der Waals surface area contributed by atoms with Gasteiger partial charge in [0.1, 0.15) is 32.3 Å². The normalized spacial score (nSPS) is 19.6. The molecule has 4 saturated heterocycles. The molecule has 0 bridgehead atoms. The third kappa shape index (κ3) is 19.0. The van der Waals surface area contributed by atoms with Gasteiger partial charge in [0.05, 0.1) is 46.5 Å². The van der Waals surface area contributed by atoms with Gasteiger partial charge in [-0.05, 0) is 285 Å². The molecular formula is C107H142N4Si4+4. The predicted molar refractivity (Wildman–Crippen MR) is 509 cm³/mol. The maximum atomic E-state index is 8.81. The summed E-state index contributed by atoms with van der Waals surface area (Å²) in [7, 11) is 3.53. The molecule has 4 aromatic heterocycles. The van der Waals surface area contributed by atoms with Crippen molar-refractivity contribution in [3.63, 3.8) is 0 Å². The number of nitrogens with zero attached hydrogens (tertiary/aromatic N) is 4. The van der Waals surface area contributed by atoms with Gasteiger partial charge in [0.2, 0.25) is 22.8 Å². The van der Waals surface area contributed by atoms with Crippen molar-refractivity contribution in [2.75, 3.05) is 0 Å². The Morgan fingerprint density at radius 3 is 1.03 bits per heavy atom. The summed E-state index contributed by atoms with van der Waals surface area (Å²) < 4.78 is 126. The van der Waals surface area contributed by atoms with Crippen LogP contribution in [0.25, 0.3) is 88.1 Å². The average molecular weight is 1610 g/mol. The third-order valence-corrected chi connectivity index (χ3v) is 41.0. The van der Waals surface area contributed by atoms with Crippen molar-refractivity contribution in [3.05, 3.63) is 260 Å². The van der Waals surface area contributed by atoms with E-state index in [0.717, 1.165) is 116 Å². The number of aromatic nitrogens is 4. The van der Waals surface area contributed by atoms with Crippen LogP contribution < -0.4 is 18.3 Å². The summed E-state index contributed by atoms with van der Waals surface area (Å²) in [5, 5.41) is 7.58. The van der Waals surface area contributed by atoms with Gasteiger partial charge in [-0.15, -0.1) is 0 Å². The minimum Gasteiger partial charge on any atom is -0.200 e. The van der Waals surface area contributed by atoms with Crippen LogP contribution in [0.1, 0.15) is 217 Å². The van der Waals surface area contributed by atoms with Crippen LogP contribution in [0.15, 0.2) is 176 Å². The molecule has 0 amide bonds. The van der Waals surface area contributed by atoms with Crippen LogP contribution in [-0.4, -0.2) is 32.3 Å². The predicted octanol–water partition coefficient (Wildman–Crippen LogP) is 28.7. The van der Waals surface area contributed by atoms with E-state index >= 15 is 0 Å². The van der Waals surface area contributed by atoms with E-state index in [1.54, 1.807) is 29.8 Å². The molecule has 0 radical (unpaired) electrons. The Hall–Kier alpha value is -7.73. The van der Waals surface area contributed by atoms with Crippen molar-refractivity contribution in [2.24, 2.45) is 28.2 Å². The van der Waals surface area contributed by atoms with Gasteiger partial charge in [0, 0.05) is 75.8 Å². The summed E-state index contributed by atoms with van der Waals surface area (Å²) in [5.41, 5.74) is 24.2. The van der Waals surface area contributed by atoms with Gasteiger partial charge in [-0.3, -0.25) is 0 Å². The van der Waals surface area contributed by atoms with Crippen LogP contribution in [0, 0.1) is 62.3 Å². The van der Waals surface area contributed by atoms with Crippen LogP contribution in [0.5, 0.6) is 0 Å². The highest BCUT2D eigenvalue weighted by Crippen LogP contribution is 2.46. The van der Waals surface area contributed by atoms with E-state index in [1.807, 2.05) is 77.9 Å². The zero-order valence-electron chi connectivity index (χ0n) is 88.5. The Morgan fingerprint density at radius 2 is 0.678 bits per heavy atom. The summed E-state index contributed by atoms with van der Waals surface area (Å²) in [4.78, 5) is 0. The first-order chi connectivity index (χ1) is 60.0. The molecule has 115 heavy (non-hydrogen) atoms. The van der Waals surface area contributed by atoms with Gasteiger partial charge < -0.3 is 0 Å². The van der Waals surface area contributed by atoms with Crippen LogP contribution in [0.3, 0.4) is 0 Å². The van der Waals surface area contributed by atoms with Gasteiger partial charge >= 0.3 is 0 Å². The number of aryl methyl sites for hydroxylation is 4. The van der Waals surface area contributed by atoms with Crippen molar-refractivity contribution in [1.29, 1.82) is 0 Å². The fraction of sp³-hybridized carbons (Fsp3) is 0.439. The van der Waals surface area contributed by atoms with Crippen LogP contribution in [0.2, 0.25) is 101 Å². The topological polar surface area (TPSA) is 15.5 Å². The van der Waals surface area contributed by atoms with Crippen molar-refractivity contribution < 1.29 is 37.5 Å². The smallest absolute Gasteiger partial charge is 0.200 e. The number of hydrogen-bond donors (Lipinski definition) is 0. The van der Waals surface area contributed by atoms with Crippen LogP contribution in [0.4, 0.5) is 0 Å². The zero-order chi connectivity index (χ0) is 94.7. The highest BCUT2D eigenvalue weighted by Gasteiger charge is 2.35. The standard InChI is InChI=1S/2C28H38NSi.C26H34NSi.C25H32NSi/c2*1-19(2)25-16-20(3)21(4)27(18-25)28-26-9-8-23(17-24(26)10-13-29(28)5)22-11-14-30(6,7)15-12-22;1-18-15-19(2)20(3)25(16-18)26-24-8-7-22(17-23(24)9-12-27(26)4)21-10-13-28(5,6)14-11-21;1-18-8-6-7-9-23(18)25-24-11-10-21(17-22(24)16-19(2)26(25)3)20-12-14-27(4,5)15-13-20/h2*8-10,13,16-19,22H,11-12,14-15H2,1-7H3;7-9,12,15-17,21H,10-11,13-14H2,1-6H3;6-11,16-17,20H,12-15H2,1-5H3/q4*+1/i1D3,10D,13D,19D;10D,13D,19D;9D,12D;7D,8D,16D. The summed E-state index contributed by atoms with van der Waals surface area (Å²) in [5.74, 6) is -0.201. The monoisotopic (exact) mass is 1610 g/mol. The molecule has 4 nitrogen and oxygen atoms in total. The molecule has 8 heterocycles. The molecule has 0 spiro atoms. The number of benzene rings is 8. The van der Waals surface area contributed by atoms with Gasteiger partial charge in [-0.2, -0.15) is 4.57 Å². The maximum Gasteiger partial charge on any atom is 0.220 e. The lowest BCUT2D eigenvalue weighted by Crippen LogP contribution is -2.35. The molecule has 0 saturated carbocycles. The van der Waals surface area contributed by atoms with Crippen LogP contribution in [-0.2, 0) is 28.2 Å². The molecule has 12 aromatic rings. The summed E-state index contributed by atoms with van der Waals surface area (Å²) in [6.45, 7) is 41.3. The minimum atomic E-state index is -2.48. The highest BCUT2D eigenvalue weighted by atomic mass is 28.3. The second-order valence-electron chi connectivity index (χ2n) is 39.0. The van der Waals surface area contributed by atoms with Gasteiger partial charge in [-0.1, -0.05) is 219 Å². The van der Waals surface area contributed by atoms with E-state index < -0.39 is 50.9 Å². The van der Waals surface area contributed by atoms with E-state index in [9.17, 15) is 0 Å². The Kier molecular flexibility index (Phi) is 20.6. The zero-order valence-corrected chi connectivity index (χ0v) is 78.5. The fourth-order valence-corrected chi connectivity index (χ4v) is 29.3. The van der Waals surface area contributed by atoms with Crippen molar-refractivity contribution in [1.82, 2.24) is 0 Å². The molecule has 8 heteroatoms. The SMILES string of the molecule is [2H]c1c([2H])[n+](C)c(-c2cc(C([2H])(C)C([2H])([2H])[2H])cc(C)c2C)c2ccc(C3CC[Si](C)(C)CC3)cc12.[2H]c1c([2H])[n+](C)c(-c2cc(C([2H])(C)C)cc(C)c2C)c2ccc(C3CC[Si](C)(C)CC3)cc12.[2H]c1c([2H])[n+](C)c(-c2cc(C)cc(C)c2C)c2ccc(C3CC[Si](C)(C)CC3)cc12.[2H]c1cc([2H])c(C)c(-c2c3ccc(C4CC[Si](C)(C)CC4)cc3c([2H])c(C)[n+]2C)c1. The first kappa shape index (κ1) is 68.2. The maximum absolute atomic E-state index is 8.81. The molecule has 8 aromatic carbocycles. The molecule has 4 aliphatic rings. The molecular weight excluding hydrogens is 1450 g/mol. The number of fused-ring (bicyclic) bond motifs is 4. The van der Waals surface area contributed by atoms with Crippen molar-refractivity contribution in [2.45, 2.75) is 277 Å². The van der Waals surface area contributed by atoms with E-state index in [0.29, 0.717) is 59.4 Å². The first-order valence-corrected chi connectivity index (χ1v) is 56.8. The molecule has 4 aliphatic heterocycles. The number of hydrogen-bond acceptors (Lipinski definition) is 0. The minimum absolute atomic E-state index is 0.124.